The van der Waals surface area contributed by atoms with Crippen molar-refractivity contribution in [2.45, 2.75) is 22.7 Å². The fourth-order valence-corrected chi connectivity index (χ4v) is 5.79. The third kappa shape index (κ3) is 4.62. The molecule has 178 valence electrons. The number of hydrogen-bond acceptors (Lipinski definition) is 9. The summed E-state index contributed by atoms with van der Waals surface area (Å²) in [4.78, 5) is 27.8. The van der Waals surface area contributed by atoms with Crippen LogP contribution in [0.2, 0.25) is 0 Å². The van der Waals surface area contributed by atoms with Gasteiger partial charge in [0.2, 0.25) is 11.1 Å². The summed E-state index contributed by atoms with van der Waals surface area (Å²) in [7, 11) is 1.74. The Morgan fingerprint density at radius 3 is 2.43 bits per heavy atom. The lowest BCUT2D eigenvalue weighted by atomic mass is 10.0. The number of thioether (sulfide) groups is 2. The van der Waals surface area contributed by atoms with Crippen LogP contribution in [0.5, 0.6) is 0 Å². The van der Waals surface area contributed by atoms with Crippen molar-refractivity contribution in [1.82, 2.24) is 25.1 Å². The lowest BCUT2D eigenvalue weighted by Crippen LogP contribution is -2.68. The number of hydrogen-bond donors (Lipinski definition) is 1. The Hall–Kier alpha value is -3.41. The highest BCUT2D eigenvalue weighted by molar-refractivity contribution is 8.02. The highest BCUT2D eigenvalue weighted by Crippen LogP contribution is 2.41. The average molecular weight is 507 g/mol. The summed E-state index contributed by atoms with van der Waals surface area (Å²) < 4.78 is 7.63. The van der Waals surface area contributed by atoms with E-state index in [4.69, 9.17) is 10.5 Å². The minimum Gasteiger partial charge on any atom is -0.448 e. The Kier molecular flexibility index (Phi) is 6.71. The first-order valence-corrected chi connectivity index (χ1v) is 12.8. The molecule has 9 nitrogen and oxygen atoms in total. The molecule has 1 fully saturated rings. The second-order valence-electron chi connectivity index (χ2n) is 7.92. The normalized spacial score (nSPS) is 19.7. The number of benzene rings is 2. The lowest BCUT2D eigenvalue weighted by Gasteiger charge is -2.48. The number of ether oxygens (including phenoxy) is 1. The van der Waals surface area contributed by atoms with Crippen LogP contribution in [0.15, 0.2) is 88.6 Å². The van der Waals surface area contributed by atoms with Gasteiger partial charge in [0, 0.05) is 12.8 Å². The molecule has 0 spiro atoms. The maximum absolute atomic E-state index is 13.7. The van der Waals surface area contributed by atoms with E-state index >= 15 is 0 Å². The number of aromatic nitrogens is 4. The van der Waals surface area contributed by atoms with E-state index in [9.17, 15) is 9.59 Å². The zero-order chi connectivity index (χ0) is 24.4. The molecule has 1 amide bonds. The number of aryl methyl sites for hydroxylation is 1. The number of nitrogens with two attached hydrogens (primary N) is 1. The van der Waals surface area contributed by atoms with Crippen molar-refractivity contribution >= 4 is 35.4 Å². The van der Waals surface area contributed by atoms with E-state index in [2.05, 4.69) is 15.5 Å². The summed E-state index contributed by atoms with van der Waals surface area (Å²) in [6, 6.07) is 18.4. The second-order valence-corrected chi connectivity index (χ2v) is 9.90. The van der Waals surface area contributed by atoms with E-state index in [0.29, 0.717) is 16.5 Å². The molecule has 0 bridgehead atoms. The largest absolute Gasteiger partial charge is 0.448 e. The summed E-state index contributed by atoms with van der Waals surface area (Å²) in [6.45, 7) is 0. The molecule has 3 aromatic rings. The first kappa shape index (κ1) is 23.3. The molecular weight excluding hydrogens is 484 g/mol. The molecule has 1 saturated heterocycles. The summed E-state index contributed by atoms with van der Waals surface area (Å²) in [5.41, 5.74) is 8.59. The van der Waals surface area contributed by atoms with Crippen LogP contribution < -0.4 is 5.73 Å². The number of tetrazole rings is 1. The van der Waals surface area contributed by atoms with Crippen LogP contribution >= 0.6 is 23.5 Å². The molecular formula is C24H22N6O3S2. The predicted molar refractivity (Wildman–Crippen MR) is 133 cm³/mol. The molecule has 5 rings (SSSR count). The van der Waals surface area contributed by atoms with Crippen LogP contribution in [0, 0.1) is 0 Å². The first-order valence-electron chi connectivity index (χ1n) is 10.8. The fourth-order valence-electron chi connectivity index (χ4n) is 3.90. The Morgan fingerprint density at radius 2 is 1.83 bits per heavy atom. The lowest BCUT2D eigenvalue weighted by molar-refractivity contribution is -0.153. The van der Waals surface area contributed by atoms with Gasteiger partial charge in [-0.25, -0.2) is 9.48 Å². The van der Waals surface area contributed by atoms with E-state index in [1.54, 1.807) is 23.2 Å². The van der Waals surface area contributed by atoms with E-state index < -0.39 is 18.1 Å². The minimum absolute atomic E-state index is 0.227. The molecule has 35 heavy (non-hydrogen) atoms. The predicted octanol–water partition coefficient (Wildman–Crippen LogP) is 2.65. The van der Waals surface area contributed by atoms with Crippen molar-refractivity contribution in [2.24, 2.45) is 12.8 Å². The van der Waals surface area contributed by atoms with E-state index in [-0.39, 0.29) is 17.0 Å². The number of carbonyl (C=O) groups excluding carboxylic acids is 2. The van der Waals surface area contributed by atoms with Gasteiger partial charge in [0.05, 0.1) is 0 Å². The number of fused-ring (bicyclic) bond motifs is 1. The van der Waals surface area contributed by atoms with Gasteiger partial charge in [-0.15, -0.1) is 16.9 Å². The molecule has 0 aliphatic carbocycles. The van der Waals surface area contributed by atoms with Gasteiger partial charge >= 0.3 is 5.97 Å². The van der Waals surface area contributed by atoms with Crippen molar-refractivity contribution in [2.75, 3.05) is 5.75 Å². The molecule has 1 aromatic heterocycles. The van der Waals surface area contributed by atoms with Crippen LogP contribution in [-0.4, -0.2) is 54.2 Å². The highest BCUT2D eigenvalue weighted by Gasteiger charge is 2.52. The van der Waals surface area contributed by atoms with Crippen molar-refractivity contribution < 1.29 is 14.3 Å². The second kappa shape index (κ2) is 10.1. The quantitative estimate of drug-likeness (QED) is 0.293. The number of rotatable bonds is 7. The smallest absolute Gasteiger partial charge is 0.356 e. The van der Waals surface area contributed by atoms with Crippen LogP contribution in [0.25, 0.3) is 0 Å². The number of amides is 1. The van der Waals surface area contributed by atoms with Crippen molar-refractivity contribution in [3.05, 3.63) is 94.5 Å². The molecule has 0 radical (unpaired) electrons. The van der Waals surface area contributed by atoms with Crippen molar-refractivity contribution in [3.8, 4) is 0 Å². The van der Waals surface area contributed by atoms with Gasteiger partial charge in [-0.05, 0) is 38.6 Å². The molecule has 0 saturated carbocycles. The summed E-state index contributed by atoms with van der Waals surface area (Å²) in [5, 5.41) is 13.5. The third-order valence-electron chi connectivity index (χ3n) is 5.69. The van der Waals surface area contributed by atoms with Crippen LogP contribution in [0.1, 0.15) is 17.2 Å². The molecule has 2 atom stereocenters. The molecule has 2 aliphatic heterocycles. The van der Waals surface area contributed by atoms with Crippen LogP contribution in [0.3, 0.4) is 0 Å². The zero-order valence-electron chi connectivity index (χ0n) is 18.7. The van der Waals surface area contributed by atoms with Crippen LogP contribution in [-0.2, 0) is 21.4 Å². The van der Waals surface area contributed by atoms with Gasteiger partial charge in [-0.1, -0.05) is 72.4 Å². The molecule has 11 heteroatoms. The van der Waals surface area contributed by atoms with Gasteiger partial charge in [0.15, 0.2) is 6.10 Å². The van der Waals surface area contributed by atoms with Gasteiger partial charge in [0.25, 0.3) is 0 Å². The van der Waals surface area contributed by atoms with Gasteiger partial charge < -0.3 is 10.5 Å². The topological polar surface area (TPSA) is 116 Å². The molecule has 3 heterocycles. The number of nitrogens with zero attached hydrogens (tertiary/aromatic N) is 5. The number of esters is 1. The summed E-state index contributed by atoms with van der Waals surface area (Å²) >= 11 is 2.84. The molecule has 2 aromatic carbocycles. The maximum Gasteiger partial charge on any atom is 0.356 e. The Bertz CT molecular complexity index is 1260. The van der Waals surface area contributed by atoms with Gasteiger partial charge in [0.1, 0.15) is 17.1 Å². The first-order chi connectivity index (χ1) is 17.0. The van der Waals surface area contributed by atoms with Gasteiger partial charge in [-0.3, -0.25) is 9.69 Å². The highest BCUT2D eigenvalue weighted by atomic mass is 32.2. The van der Waals surface area contributed by atoms with Gasteiger partial charge in [-0.2, -0.15) is 0 Å². The molecule has 2 aliphatic rings. The number of allylic oxidation sites excluding steroid dienone is 1. The number of β-lactam (4-membered cyclic amide) rings is 1. The average Bonchev–Trinajstić information content (AvgIpc) is 3.31. The fraction of sp³-hybridized carbons (Fsp3) is 0.208. The molecule has 2 unspecified atom stereocenters. The van der Waals surface area contributed by atoms with Crippen molar-refractivity contribution in [3.63, 3.8) is 0 Å². The standard InChI is InChI=1S/C24H22N6O3S2/c1-29-24(26-27-28-29)34-13-12-17-14-35-22-18(25)21(31)30(22)19(17)23(32)33-20(15-8-4-2-5-9-15)16-10-6-3-7-11-16/h2-13,18,20,22H,14,25H2,1H3/b13-12+. The third-order valence-corrected chi connectivity index (χ3v) is 7.84. The maximum atomic E-state index is 13.7. The number of carbonyl (C=O) groups is 2. The minimum atomic E-state index is -0.633. The van der Waals surface area contributed by atoms with E-state index in [0.717, 1.165) is 11.1 Å². The molecule has 2 N–H and O–H groups in total. The SMILES string of the molecule is Cn1nnnc1S/C=C/C1=C(C(=O)OC(c2ccccc2)c2ccccc2)N2C(=O)C(N)C2SC1. The zero-order valence-corrected chi connectivity index (χ0v) is 20.4. The van der Waals surface area contributed by atoms with E-state index in [1.807, 2.05) is 60.7 Å². The van der Waals surface area contributed by atoms with Crippen LogP contribution in [0.4, 0.5) is 0 Å². The summed E-state index contributed by atoms with van der Waals surface area (Å²) in [5.74, 6) is -0.346. The van der Waals surface area contributed by atoms with E-state index in [1.165, 1.54) is 28.4 Å². The Morgan fingerprint density at radius 1 is 1.17 bits per heavy atom. The Balaban J connectivity index is 1.47. The summed E-state index contributed by atoms with van der Waals surface area (Å²) in [6.07, 6.45) is 1.18. The van der Waals surface area contributed by atoms with Crippen molar-refractivity contribution in [1.29, 1.82) is 0 Å². The Labute approximate surface area is 210 Å². The monoisotopic (exact) mass is 506 g/mol.